The molecule has 1 aliphatic rings. The van der Waals surface area contributed by atoms with Gasteiger partial charge in [-0.05, 0) is 71.8 Å². The quantitative estimate of drug-likeness (QED) is 0.197. The zero-order valence-electron chi connectivity index (χ0n) is 25.8. The minimum Gasteiger partial charge on any atom is -0.457 e. The van der Waals surface area contributed by atoms with Crippen molar-refractivity contribution in [3.05, 3.63) is 157 Å². The third kappa shape index (κ3) is 4.67. The number of fused-ring (bicyclic) bond motifs is 6. The van der Waals surface area contributed by atoms with Gasteiger partial charge in [0.1, 0.15) is 11.5 Å². The number of nitriles is 1. The monoisotopic (exact) mass is 617 g/mol. The number of hydrogen-bond acceptors (Lipinski definition) is 4. The first-order chi connectivity index (χ1) is 23.7. The predicted octanol–water partition coefficient (Wildman–Crippen LogP) is 10.4. The minimum absolute atomic E-state index is 0.104. The van der Waals surface area contributed by atoms with Crippen LogP contribution in [0.25, 0.3) is 72.3 Å². The van der Waals surface area contributed by atoms with Crippen LogP contribution in [-0.2, 0) is 0 Å². The van der Waals surface area contributed by atoms with Gasteiger partial charge in [0.15, 0.2) is 0 Å². The topological polar surface area (TPSA) is 60.1 Å². The first-order valence-electron chi connectivity index (χ1n) is 15.8. The number of pyridine rings is 1. The Bertz CT molecular complexity index is 2490. The SMILES string of the molecule is N#Cc1ccc2c(c1)c1ccccc1n2-c1ccc2c(c1)OCOc1ccc(-c3cc(-c4ccccc4)nc(-c4ccccc4)c3)cc1-2. The molecular weight excluding hydrogens is 590 g/mol. The van der Waals surface area contributed by atoms with Crippen molar-refractivity contribution in [3.8, 4) is 68.0 Å². The number of nitrogens with zero attached hydrogens (tertiary/aromatic N) is 3. The highest BCUT2D eigenvalue weighted by atomic mass is 16.7. The molecule has 0 radical (unpaired) electrons. The first-order valence-corrected chi connectivity index (χ1v) is 15.8. The molecule has 0 saturated carbocycles. The van der Waals surface area contributed by atoms with E-state index in [1.54, 1.807) is 0 Å². The molecule has 0 amide bonds. The summed E-state index contributed by atoms with van der Waals surface area (Å²) in [5.74, 6) is 1.51. The van der Waals surface area contributed by atoms with E-state index in [1.165, 1.54) is 0 Å². The zero-order valence-corrected chi connectivity index (χ0v) is 25.8. The smallest absolute Gasteiger partial charge is 0.230 e. The molecule has 6 aromatic carbocycles. The van der Waals surface area contributed by atoms with Gasteiger partial charge in [0.05, 0.1) is 34.1 Å². The summed E-state index contributed by atoms with van der Waals surface area (Å²) in [5.41, 5.74) is 11.7. The van der Waals surface area contributed by atoms with Gasteiger partial charge in [0.2, 0.25) is 6.79 Å². The molecule has 9 rings (SSSR count). The van der Waals surface area contributed by atoms with Crippen LogP contribution < -0.4 is 9.47 Å². The van der Waals surface area contributed by atoms with Crippen LogP contribution in [-0.4, -0.2) is 16.3 Å². The molecule has 226 valence electrons. The van der Waals surface area contributed by atoms with Crippen molar-refractivity contribution < 1.29 is 9.47 Å². The highest BCUT2D eigenvalue weighted by Gasteiger charge is 2.21. The van der Waals surface area contributed by atoms with Crippen molar-refractivity contribution >= 4 is 21.8 Å². The molecule has 5 nitrogen and oxygen atoms in total. The molecule has 1 aliphatic heterocycles. The number of hydrogen-bond donors (Lipinski definition) is 0. The van der Waals surface area contributed by atoms with Crippen LogP contribution >= 0.6 is 0 Å². The van der Waals surface area contributed by atoms with Crippen molar-refractivity contribution in [2.24, 2.45) is 0 Å². The minimum atomic E-state index is 0.104. The lowest BCUT2D eigenvalue weighted by atomic mass is 9.95. The lowest BCUT2D eigenvalue weighted by Crippen LogP contribution is -2.04. The Labute approximate surface area is 277 Å². The maximum Gasteiger partial charge on any atom is 0.230 e. The molecule has 0 aliphatic carbocycles. The third-order valence-corrected chi connectivity index (χ3v) is 9.02. The third-order valence-electron chi connectivity index (χ3n) is 9.02. The van der Waals surface area contributed by atoms with Crippen molar-refractivity contribution in [1.82, 2.24) is 9.55 Å². The maximum absolute atomic E-state index is 9.57. The second-order valence-corrected chi connectivity index (χ2v) is 11.9. The molecule has 0 unspecified atom stereocenters. The molecule has 0 spiro atoms. The number of ether oxygens (including phenoxy) is 2. The van der Waals surface area contributed by atoms with E-state index in [1.807, 2.05) is 72.8 Å². The van der Waals surface area contributed by atoms with Crippen LogP contribution in [0.2, 0.25) is 0 Å². The number of para-hydroxylation sites is 1. The summed E-state index contributed by atoms with van der Waals surface area (Å²) in [6.07, 6.45) is 0. The van der Waals surface area contributed by atoms with Gasteiger partial charge in [-0.15, -0.1) is 0 Å². The van der Waals surface area contributed by atoms with Gasteiger partial charge in [0, 0.05) is 44.8 Å². The van der Waals surface area contributed by atoms with E-state index in [0.29, 0.717) is 5.56 Å². The summed E-state index contributed by atoms with van der Waals surface area (Å²) in [5, 5.41) is 11.7. The Morgan fingerprint density at radius 2 is 1.21 bits per heavy atom. The molecular formula is C43H27N3O2. The number of benzene rings is 6. The van der Waals surface area contributed by atoms with Crippen molar-refractivity contribution in [1.29, 1.82) is 5.26 Å². The van der Waals surface area contributed by atoms with E-state index in [0.717, 1.165) is 83.8 Å². The predicted molar refractivity (Wildman–Crippen MR) is 191 cm³/mol. The second-order valence-electron chi connectivity index (χ2n) is 11.9. The summed E-state index contributed by atoms with van der Waals surface area (Å²) >= 11 is 0. The average Bonchev–Trinajstić information content (AvgIpc) is 3.37. The summed E-state index contributed by atoms with van der Waals surface area (Å²) in [6, 6.07) is 54.0. The summed E-state index contributed by atoms with van der Waals surface area (Å²) in [7, 11) is 0. The van der Waals surface area contributed by atoms with Crippen LogP contribution in [0.1, 0.15) is 5.56 Å². The summed E-state index contributed by atoms with van der Waals surface area (Å²) in [4.78, 5) is 5.06. The lowest BCUT2D eigenvalue weighted by molar-refractivity contribution is 0.125. The van der Waals surface area contributed by atoms with E-state index in [4.69, 9.17) is 14.5 Å². The van der Waals surface area contributed by atoms with Crippen LogP contribution in [0.4, 0.5) is 0 Å². The molecule has 8 aromatic rings. The fraction of sp³-hybridized carbons (Fsp3) is 0.0233. The Morgan fingerprint density at radius 3 is 1.96 bits per heavy atom. The van der Waals surface area contributed by atoms with Crippen LogP contribution in [0, 0.1) is 11.3 Å². The largest absolute Gasteiger partial charge is 0.457 e. The summed E-state index contributed by atoms with van der Waals surface area (Å²) in [6.45, 7) is 0.104. The van der Waals surface area contributed by atoms with E-state index >= 15 is 0 Å². The Balaban J connectivity index is 1.18. The molecule has 0 atom stereocenters. The second kappa shape index (κ2) is 11.3. The normalized spacial score (nSPS) is 12.0. The van der Waals surface area contributed by atoms with E-state index < -0.39 is 0 Å². The van der Waals surface area contributed by atoms with Crippen LogP contribution in [0.15, 0.2) is 152 Å². The molecule has 0 bridgehead atoms. The van der Waals surface area contributed by atoms with Gasteiger partial charge in [-0.3, -0.25) is 0 Å². The number of rotatable bonds is 4. The van der Waals surface area contributed by atoms with Crippen LogP contribution in [0.3, 0.4) is 0 Å². The van der Waals surface area contributed by atoms with E-state index in [9.17, 15) is 5.26 Å². The molecule has 5 heteroatoms. The molecule has 3 heterocycles. The fourth-order valence-electron chi connectivity index (χ4n) is 6.73. The molecule has 0 fully saturated rings. The average molecular weight is 618 g/mol. The molecule has 48 heavy (non-hydrogen) atoms. The van der Waals surface area contributed by atoms with Gasteiger partial charge < -0.3 is 14.0 Å². The highest BCUT2D eigenvalue weighted by Crippen LogP contribution is 2.43. The lowest BCUT2D eigenvalue weighted by Gasteiger charge is -2.14. The zero-order chi connectivity index (χ0) is 32.0. The Hall–Kier alpha value is -6.64. The van der Waals surface area contributed by atoms with Crippen molar-refractivity contribution in [3.63, 3.8) is 0 Å². The van der Waals surface area contributed by atoms with E-state index in [-0.39, 0.29) is 6.79 Å². The first kappa shape index (κ1) is 27.7. The van der Waals surface area contributed by atoms with E-state index in [2.05, 4.69) is 89.5 Å². The number of aromatic nitrogens is 2. The van der Waals surface area contributed by atoms with Gasteiger partial charge in [-0.1, -0.05) is 84.9 Å². The molecule has 0 N–H and O–H groups in total. The molecule has 0 saturated heterocycles. The van der Waals surface area contributed by atoms with Crippen LogP contribution in [0.5, 0.6) is 11.5 Å². The van der Waals surface area contributed by atoms with Gasteiger partial charge >= 0.3 is 0 Å². The van der Waals surface area contributed by atoms with Crippen molar-refractivity contribution in [2.45, 2.75) is 0 Å². The molecule has 2 aromatic heterocycles. The van der Waals surface area contributed by atoms with Gasteiger partial charge in [-0.2, -0.15) is 5.26 Å². The van der Waals surface area contributed by atoms with Crippen molar-refractivity contribution in [2.75, 3.05) is 6.79 Å². The Kier molecular flexibility index (Phi) is 6.51. The van der Waals surface area contributed by atoms with Gasteiger partial charge in [-0.25, -0.2) is 4.98 Å². The summed E-state index contributed by atoms with van der Waals surface area (Å²) < 4.78 is 14.6. The Morgan fingerprint density at radius 1 is 0.521 bits per heavy atom. The maximum atomic E-state index is 9.57. The fourth-order valence-corrected chi connectivity index (χ4v) is 6.73. The highest BCUT2D eigenvalue weighted by molar-refractivity contribution is 6.09. The standard InChI is InChI=1S/C43H27N3O2/c44-26-28-15-19-41-36(21-28)34-13-7-8-14-40(34)46(41)33-17-18-35-37-22-31(16-20-42(37)47-27-48-43(35)25-33)32-23-38(29-9-3-1-4-10-29)45-39(24-32)30-11-5-2-6-12-30/h1-25H,27H2. The van der Waals surface area contributed by atoms with Gasteiger partial charge in [0.25, 0.3) is 0 Å².